The summed E-state index contributed by atoms with van der Waals surface area (Å²) < 4.78 is 15.6. The predicted octanol–water partition coefficient (Wildman–Crippen LogP) is 5.08. The Kier molecular flexibility index (Phi) is 6.76. The Morgan fingerprint density at radius 3 is 2.64 bits per heavy atom. The van der Waals surface area contributed by atoms with Crippen LogP contribution >= 0.6 is 11.8 Å². The molecule has 0 amide bonds. The lowest BCUT2D eigenvalue weighted by atomic mass is 10.1. The maximum Gasteiger partial charge on any atom is 0.339 e. The number of hydrogen-bond donors (Lipinski definition) is 0. The average molecular weight is 397 g/mol. The zero-order valence-corrected chi connectivity index (χ0v) is 17.0. The van der Waals surface area contributed by atoms with Crippen LogP contribution in [0.15, 0.2) is 59.8 Å². The van der Waals surface area contributed by atoms with Gasteiger partial charge in [-0.25, -0.2) is 9.79 Å². The highest BCUT2D eigenvalue weighted by Gasteiger charge is 2.27. The van der Waals surface area contributed by atoms with Crippen molar-refractivity contribution in [3.05, 3.63) is 65.9 Å². The monoisotopic (exact) mass is 397 g/mol. The Morgan fingerprint density at radius 1 is 1.18 bits per heavy atom. The molecule has 1 aliphatic rings. The first-order chi connectivity index (χ1) is 13.7. The number of ether oxygens (including phenoxy) is 3. The predicted molar refractivity (Wildman–Crippen MR) is 113 cm³/mol. The molecule has 1 fully saturated rings. The summed E-state index contributed by atoms with van der Waals surface area (Å²) in [5.74, 6) is 1.33. The molecule has 5 nitrogen and oxygen atoms in total. The van der Waals surface area contributed by atoms with E-state index in [0.717, 1.165) is 22.0 Å². The molecule has 6 heteroatoms. The molecule has 2 aromatic carbocycles. The number of para-hydroxylation sites is 1. The highest BCUT2D eigenvalue weighted by Crippen LogP contribution is 2.46. The van der Waals surface area contributed by atoms with Crippen LogP contribution in [0.5, 0.6) is 11.5 Å². The number of nitrogens with zero attached hydrogens (tertiary/aromatic N) is 1. The SMILES string of the molecule is COC=CC(=O)Oc1ccccc1C(=Nc1ccc(OC)cc1C1CC1)SC. The molecule has 28 heavy (non-hydrogen) atoms. The van der Waals surface area contributed by atoms with E-state index in [2.05, 4.69) is 6.07 Å². The molecule has 0 bridgehead atoms. The minimum absolute atomic E-state index is 0.461. The second-order valence-corrected chi connectivity index (χ2v) is 7.07. The number of aliphatic imine (C=N–C) groups is 1. The number of carbonyl (C=O) groups is 1. The van der Waals surface area contributed by atoms with Gasteiger partial charge in [0.15, 0.2) is 0 Å². The first-order valence-corrected chi connectivity index (χ1v) is 10.2. The second-order valence-electron chi connectivity index (χ2n) is 6.28. The minimum atomic E-state index is -0.502. The molecule has 146 valence electrons. The molecule has 0 spiro atoms. The highest BCUT2D eigenvalue weighted by molar-refractivity contribution is 8.13. The number of methoxy groups -OCH3 is 2. The van der Waals surface area contributed by atoms with E-state index in [-0.39, 0.29) is 0 Å². The Morgan fingerprint density at radius 2 is 1.96 bits per heavy atom. The van der Waals surface area contributed by atoms with Crippen LogP contribution in [0.4, 0.5) is 5.69 Å². The largest absolute Gasteiger partial charge is 0.504 e. The van der Waals surface area contributed by atoms with Crippen LogP contribution in [-0.2, 0) is 9.53 Å². The average Bonchev–Trinajstić information content (AvgIpc) is 3.56. The Labute approximate surface area is 169 Å². The van der Waals surface area contributed by atoms with Gasteiger partial charge in [0.1, 0.15) is 16.5 Å². The fraction of sp³-hybridized carbons (Fsp3) is 0.273. The fourth-order valence-corrected chi connectivity index (χ4v) is 3.38. The lowest BCUT2D eigenvalue weighted by Gasteiger charge is -2.12. The summed E-state index contributed by atoms with van der Waals surface area (Å²) in [6.45, 7) is 0. The summed E-state index contributed by atoms with van der Waals surface area (Å²) in [4.78, 5) is 16.9. The van der Waals surface area contributed by atoms with E-state index in [0.29, 0.717) is 11.7 Å². The van der Waals surface area contributed by atoms with Crippen molar-refractivity contribution in [2.45, 2.75) is 18.8 Å². The van der Waals surface area contributed by atoms with Crippen LogP contribution in [0, 0.1) is 0 Å². The third-order valence-corrected chi connectivity index (χ3v) is 5.03. The van der Waals surface area contributed by atoms with Crippen LogP contribution in [0.1, 0.15) is 29.9 Å². The summed E-state index contributed by atoms with van der Waals surface area (Å²) in [6, 6.07) is 13.4. The molecule has 3 rings (SSSR count). The van der Waals surface area contributed by atoms with Crippen LogP contribution in [-0.4, -0.2) is 31.5 Å². The summed E-state index contributed by atoms with van der Waals surface area (Å²) >= 11 is 1.51. The van der Waals surface area contributed by atoms with Crippen molar-refractivity contribution in [3.8, 4) is 11.5 Å². The van der Waals surface area contributed by atoms with E-state index in [9.17, 15) is 4.79 Å². The van der Waals surface area contributed by atoms with Crippen LogP contribution < -0.4 is 9.47 Å². The summed E-state index contributed by atoms with van der Waals surface area (Å²) in [5, 5.41) is 0.784. The minimum Gasteiger partial charge on any atom is -0.504 e. The molecule has 1 saturated carbocycles. The number of rotatable bonds is 7. The van der Waals surface area contributed by atoms with Gasteiger partial charge in [-0.3, -0.25) is 0 Å². The number of esters is 1. The molecule has 2 aromatic rings. The van der Waals surface area contributed by atoms with E-state index in [1.165, 1.54) is 49.6 Å². The Balaban J connectivity index is 1.96. The van der Waals surface area contributed by atoms with E-state index >= 15 is 0 Å². The van der Waals surface area contributed by atoms with Crippen molar-refractivity contribution < 1.29 is 19.0 Å². The number of benzene rings is 2. The Bertz CT molecular complexity index is 903. The van der Waals surface area contributed by atoms with Gasteiger partial charge >= 0.3 is 5.97 Å². The molecule has 0 aromatic heterocycles. The highest BCUT2D eigenvalue weighted by atomic mass is 32.2. The van der Waals surface area contributed by atoms with Crippen LogP contribution in [0.25, 0.3) is 0 Å². The van der Waals surface area contributed by atoms with Gasteiger partial charge in [0.2, 0.25) is 0 Å². The maximum atomic E-state index is 12.0. The van der Waals surface area contributed by atoms with Gasteiger partial charge in [0.25, 0.3) is 0 Å². The van der Waals surface area contributed by atoms with Gasteiger partial charge in [-0.2, -0.15) is 0 Å². The van der Waals surface area contributed by atoms with E-state index in [4.69, 9.17) is 19.2 Å². The van der Waals surface area contributed by atoms with Crippen molar-refractivity contribution in [1.29, 1.82) is 0 Å². The fourth-order valence-electron chi connectivity index (χ4n) is 2.81. The van der Waals surface area contributed by atoms with Gasteiger partial charge in [0, 0.05) is 5.56 Å². The van der Waals surface area contributed by atoms with Gasteiger partial charge in [0.05, 0.1) is 32.2 Å². The van der Waals surface area contributed by atoms with Gasteiger partial charge in [-0.15, -0.1) is 11.8 Å². The number of hydrogen-bond acceptors (Lipinski definition) is 6. The molecule has 1 aliphatic carbocycles. The quantitative estimate of drug-likeness (QED) is 0.163. The topological polar surface area (TPSA) is 57.1 Å². The third kappa shape index (κ3) is 4.95. The van der Waals surface area contributed by atoms with Crippen LogP contribution in [0.3, 0.4) is 0 Å². The molecule has 0 N–H and O–H groups in total. The molecule has 0 heterocycles. The normalized spacial score (nSPS) is 14.2. The molecular weight excluding hydrogens is 374 g/mol. The lowest BCUT2D eigenvalue weighted by Crippen LogP contribution is -2.08. The van der Waals surface area contributed by atoms with Crippen LogP contribution in [0.2, 0.25) is 0 Å². The van der Waals surface area contributed by atoms with Crippen molar-refractivity contribution in [3.63, 3.8) is 0 Å². The number of carbonyl (C=O) groups excluding carboxylic acids is 1. The molecule has 0 radical (unpaired) electrons. The summed E-state index contributed by atoms with van der Waals surface area (Å²) in [5.41, 5.74) is 2.89. The molecule has 0 atom stereocenters. The van der Waals surface area contributed by atoms with E-state index in [1.807, 2.05) is 36.6 Å². The summed E-state index contributed by atoms with van der Waals surface area (Å²) in [7, 11) is 3.15. The molecular formula is C22H23NO4S. The molecule has 0 unspecified atom stereocenters. The first kappa shape index (κ1) is 20.0. The standard InChI is InChI=1S/C22H23NO4S/c1-25-13-12-21(24)27-20-7-5-4-6-17(20)22(28-3)23-19-11-10-16(26-2)14-18(19)15-8-9-15/h4-7,10-15H,8-9H2,1-3H3. The smallest absolute Gasteiger partial charge is 0.339 e. The van der Waals surface area contributed by atoms with Crippen molar-refractivity contribution in [1.82, 2.24) is 0 Å². The summed E-state index contributed by atoms with van der Waals surface area (Å²) in [6.07, 6.45) is 6.83. The maximum absolute atomic E-state index is 12.0. The van der Waals surface area contributed by atoms with Gasteiger partial charge in [-0.1, -0.05) is 12.1 Å². The van der Waals surface area contributed by atoms with E-state index < -0.39 is 5.97 Å². The molecule has 0 saturated heterocycles. The first-order valence-electron chi connectivity index (χ1n) is 8.97. The molecule has 0 aliphatic heterocycles. The number of thioether (sulfide) groups is 1. The van der Waals surface area contributed by atoms with Gasteiger partial charge < -0.3 is 14.2 Å². The van der Waals surface area contributed by atoms with Crippen molar-refractivity contribution >= 4 is 28.5 Å². The zero-order valence-electron chi connectivity index (χ0n) is 16.2. The third-order valence-electron chi connectivity index (χ3n) is 4.34. The van der Waals surface area contributed by atoms with Crippen molar-refractivity contribution in [2.75, 3.05) is 20.5 Å². The zero-order chi connectivity index (χ0) is 19.9. The van der Waals surface area contributed by atoms with Gasteiger partial charge in [-0.05, 0) is 60.9 Å². The van der Waals surface area contributed by atoms with Crippen molar-refractivity contribution in [2.24, 2.45) is 4.99 Å². The second kappa shape index (κ2) is 9.46. The Hall–Kier alpha value is -2.73. The van der Waals surface area contributed by atoms with E-state index in [1.54, 1.807) is 13.2 Å². The lowest BCUT2D eigenvalue weighted by molar-refractivity contribution is -0.129.